The molecule has 2 heteroatoms. The summed E-state index contributed by atoms with van der Waals surface area (Å²) in [5.74, 6) is 1.76. The van der Waals surface area contributed by atoms with Gasteiger partial charge in [-0.25, -0.2) is 0 Å². The Morgan fingerprint density at radius 3 is 2.70 bits per heavy atom. The summed E-state index contributed by atoms with van der Waals surface area (Å²) in [4.78, 5) is 0. The van der Waals surface area contributed by atoms with Gasteiger partial charge in [-0.2, -0.15) is 0 Å². The van der Waals surface area contributed by atoms with Gasteiger partial charge in [0.2, 0.25) is 0 Å². The molecule has 0 saturated heterocycles. The van der Waals surface area contributed by atoms with E-state index in [9.17, 15) is 0 Å². The lowest BCUT2D eigenvalue weighted by Crippen LogP contribution is -2.25. The van der Waals surface area contributed by atoms with E-state index in [4.69, 9.17) is 4.42 Å². The molecule has 0 amide bonds. The molecular weight excluding hydrogens is 246 g/mol. The first kappa shape index (κ1) is 13.4. The molecule has 1 aromatic carbocycles. The van der Waals surface area contributed by atoms with Crippen molar-refractivity contribution < 1.29 is 4.42 Å². The van der Waals surface area contributed by atoms with Gasteiger partial charge in [0.05, 0.1) is 12.3 Å². The van der Waals surface area contributed by atoms with Gasteiger partial charge in [0.15, 0.2) is 0 Å². The number of rotatable bonds is 6. The molecule has 0 aliphatic heterocycles. The van der Waals surface area contributed by atoms with Crippen molar-refractivity contribution >= 4 is 0 Å². The first-order chi connectivity index (χ1) is 9.90. The summed E-state index contributed by atoms with van der Waals surface area (Å²) in [6, 6.07) is 13.1. The third-order valence-corrected chi connectivity index (χ3v) is 4.28. The Hall–Kier alpha value is -1.54. The fourth-order valence-corrected chi connectivity index (χ4v) is 2.97. The summed E-state index contributed by atoms with van der Waals surface area (Å²) in [5, 5.41) is 3.64. The fraction of sp³-hybridized carbons (Fsp3) is 0.444. The summed E-state index contributed by atoms with van der Waals surface area (Å²) in [6.07, 6.45) is 6.92. The van der Waals surface area contributed by atoms with E-state index in [-0.39, 0.29) is 6.04 Å². The van der Waals surface area contributed by atoms with E-state index in [1.807, 2.05) is 6.07 Å². The third kappa shape index (κ3) is 2.66. The third-order valence-electron chi connectivity index (χ3n) is 4.28. The summed E-state index contributed by atoms with van der Waals surface area (Å²) in [7, 11) is 0. The smallest absolute Gasteiger partial charge is 0.125 e. The molecule has 1 saturated carbocycles. The Kier molecular flexibility index (Phi) is 4.22. The van der Waals surface area contributed by atoms with Crippen molar-refractivity contribution in [2.75, 3.05) is 6.54 Å². The van der Waals surface area contributed by atoms with Crippen LogP contribution in [0.25, 0.3) is 0 Å². The zero-order chi connectivity index (χ0) is 13.8. The summed E-state index contributed by atoms with van der Waals surface area (Å²) in [6.45, 7) is 3.20. The average molecular weight is 269 g/mol. The lowest BCUT2D eigenvalue weighted by atomic mass is 9.77. The van der Waals surface area contributed by atoms with Gasteiger partial charge >= 0.3 is 0 Å². The Balaban J connectivity index is 1.94. The largest absolute Gasteiger partial charge is 0.467 e. The van der Waals surface area contributed by atoms with Crippen LogP contribution in [0.4, 0.5) is 0 Å². The van der Waals surface area contributed by atoms with Crippen LogP contribution in [-0.2, 0) is 0 Å². The predicted octanol–water partition coefficient (Wildman–Crippen LogP) is 4.64. The second kappa shape index (κ2) is 6.27. The van der Waals surface area contributed by atoms with Gasteiger partial charge in [0.1, 0.15) is 5.76 Å². The van der Waals surface area contributed by atoms with Crippen molar-refractivity contribution in [1.29, 1.82) is 0 Å². The van der Waals surface area contributed by atoms with Crippen LogP contribution in [0.3, 0.4) is 0 Å². The van der Waals surface area contributed by atoms with Crippen LogP contribution in [0, 0.1) is 0 Å². The van der Waals surface area contributed by atoms with Gasteiger partial charge < -0.3 is 9.73 Å². The van der Waals surface area contributed by atoms with Crippen LogP contribution in [0.5, 0.6) is 0 Å². The predicted molar refractivity (Wildman–Crippen MR) is 81.9 cm³/mol. The highest BCUT2D eigenvalue weighted by Gasteiger charge is 2.26. The van der Waals surface area contributed by atoms with Gasteiger partial charge in [-0.3, -0.25) is 0 Å². The number of hydrogen-bond acceptors (Lipinski definition) is 2. The lowest BCUT2D eigenvalue weighted by Gasteiger charge is -2.30. The van der Waals surface area contributed by atoms with E-state index in [0.717, 1.165) is 24.6 Å². The summed E-state index contributed by atoms with van der Waals surface area (Å²) in [5.41, 5.74) is 2.89. The maximum atomic E-state index is 5.67. The minimum absolute atomic E-state index is 0.182. The minimum atomic E-state index is 0.182. The first-order valence-electron chi connectivity index (χ1n) is 7.75. The molecule has 3 rings (SSSR count). The molecule has 1 aliphatic rings. The molecule has 1 unspecified atom stereocenters. The molecule has 0 spiro atoms. The highest BCUT2D eigenvalue weighted by molar-refractivity contribution is 5.37. The summed E-state index contributed by atoms with van der Waals surface area (Å²) < 4.78 is 5.67. The monoisotopic (exact) mass is 269 g/mol. The number of nitrogens with one attached hydrogen (secondary N) is 1. The van der Waals surface area contributed by atoms with Crippen molar-refractivity contribution in [3.63, 3.8) is 0 Å². The van der Waals surface area contributed by atoms with Gasteiger partial charge in [0, 0.05) is 0 Å². The lowest BCUT2D eigenvalue weighted by molar-refractivity contribution is 0.405. The van der Waals surface area contributed by atoms with E-state index in [2.05, 4.69) is 42.6 Å². The molecule has 0 bridgehead atoms. The van der Waals surface area contributed by atoms with E-state index >= 15 is 0 Å². The molecule has 2 aromatic rings. The molecule has 1 N–H and O–H groups in total. The van der Waals surface area contributed by atoms with Crippen LogP contribution in [0.15, 0.2) is 47.1 Å². The number of benzene rings is 1. The molecule has 106 valence electrons. The molecule has 1 heterocycles. The minimum Gasteiger partial charge on any atom is -0.467 e. The standard InChI is InChI=1S/C18H23NO/c1-2-12-19-18(17-11-6-13-20-17)16-10-4-3-9-15(16)14-7-5-8-14/h3-4,6,9-11,13-14,18-19H,2,5,7-8,12H2,1H3. The molecule has 0 radical (unpaired) electrons. The topological polar surface area (TPSA) is 25.2 Å². The average Bonchev–Trinajstić information content (AvgIpc) is 2.93. The van der Waals surface area contributed by atoms with E-state index in [0.29, 0.717) is 0 Å². The van der Waals surface area contributed by atoms with Crippen molar-refractivity contribution in [3.05, 3.63) is 59.5 Å². The van der Waals surface area contributed by atoms with Crippen LogP contribution in [0.2, 0.25) is 0 Å². The van der Waals surface area contributed by atoms with Gasteiger partial charge in [-0.15, -0.1) is 0 Å². The van der Waals surface area contributed by atoms with Crippen LogP contribution < -0.4 is 5.32 Å². The van der Waals surface area contributed by atoms with Crippen molar-refractivity contribution in [1.82, 2.24) is 5.32 Å². The Labute approximate surface area is 121 Å². The first-order valence-corrected chi connectivity index (χ1v) is 7.75. The second-order valence-corrected chi connectivity index (χ2v) is 5.66. The van der Waals surface area contributed by atoms with E-state index < -0.39 is 0 Å². The molecule has 2 nitrogen and oxygen atoms in total. The van der Waals surface area contributed by atoms with Crippen molar-refractivity contribution in [2.24, 2.45) is 0 Å². The van der Waals surface area contributed by atoms with E-state index in [1.165, 1.54) is 30.4 Å². The van der Waals surface area contributed by atoms with Gasteiger partial charge in [-0.1, -0.05) is 37.6 Å². The number of furan rings is 1. The van der Waals surface area contributed by atoms with Crippen LogP contribution in [-0.4, -0.2) is 6.54 Å². The normalized spacial score (nSPS) is 16.9. The highest BCUT2D eigenvalue weighted by Crippen LogP contribution is 2.40. The van der Waals surface area contributed by atoms with E-state index in [1.54, 1.807) is 6.26 Å². The Bertz CT molecular complexity index is 528. The van der Waals surface area contributed by atoms with Gasteiger partial charge in [-0.05, 0) is 55.0 Å². The maximum absolute atomic E-state index is 5.67. The molecule has 1 atom stereocenters. The fourth-order valence-electron chi connectivity index (χ4n) is 2.97. The maximum Gasteiger partial charge on any atom is 0.125 e. The SMILES string of the molecule is CCCNC(c1ccco1)c1ccccc1C1CCC1. The van der Waals surface area contributed by atoms with Gasteiger partial charge in [0.25, 0.3) is 0 Å². The molecular formula is C18H23NO. The Morgan fingerprint density at radius 2 is 2.05 bits per heavy atom. The van der Waals surface area contributed by atoms with Crippen molar-refractivity contribution in [2.45, 2.75) is 44.6 Å². The summed E-state index contributed by atoms with van der Waals surface area (Å²) >= 11 is 0. The molecule has 1 aliphatic carbocycles. The van der Waals surface area contributed by atoms with Crippen LogP contribution >= 0.6 is 0 Å². The van der Waals surface area contributed by atoms with Crippen LogP contribution in [0.1, 0.15) is 61.5 Å². The molecule has 1 aromatic heterocycles. The number of hydrogen-bond donors (Lipinski definition) is 1. The zero-order valence-corrected chi connectivity index (χ0v) is 12.1. The quantitative estimate of drug-likeness (QED) is 0.826. The molecule has 1 fully saturated rings. The molecule has 20 heavy (non-hydrogen) atoms. The highest BCUT2D eigenvalue weighted by atomic mass is 16.3. The Morgan fingerprint density at radius 1 is 1.20 bits per heavy atom. The second-order valence-electron chi connectivity index (χ2n) is 5.66. The van der Waals surface area contributed by atoms with Crippen molar-refractivity contribution in [3.8, 4) is 0 Å². The zero-order valence-electron chi connectivity index (χ0n) is 12.1.